The summed E-state index contributed by atoms with van der Waals surface area (Å²) in [6, 6.07) is 31.6. The fourth-order valence-electron chi connectivity index (χ4n) is 4.32. The number of pyridine rings is 1. The molecule has 34 heavy (non-hydrogen) atoms. The molecule has 0 atom stereocenters. The van der Waals surface area contributed by atoms with Gasteiger partial charge in [-0.1, -0.05) is 59.7 Å². The van der Waals surface area contributed by atoms with Crippen LogP contribution < -0.4 is 9.47 Å². The lowest BCUT2D eigenvalue weighted by molar-refractivity contribution is 0.415. The number of nitrogens with zero attached hydrogens (tertiary/aromatic N) is 1. The molecule has 0 saturated carbocycles. The van der Waals surface area contributed by atoms with Gasteiger partial charge in [0.05, 0.1) is 25.6 Å². The van der Waals surface area contributed by atoms with Crippen LogP contribution in [0.1, 0.15) is 11.1 Å². The van der Waals surface area contributed by atoms with E-state index in [1.54, 1.807) is 14.2 Å². The van der Waals surface area contributed by atoms with Crippen molar-refractivity contribution in [2.24, 2.45) is 0 Å². The minimum absolute atomic E-state index is 0.822. The highest BCUT2D eigenvalue weighted by molar-refractivity contribution is 6.08. The van der Waals surface area contributed by atoms with Gasteiger partial charge in [-0.25, -0.2) is 4.98 Å². The zero-order valence-corrected chi connectivity index (χ0v) is 19.9. The highest BCUT2D eigenvalue weighted by Crippen LogP contribution is 2.42. The van der Waals surface area contributed by atoms with Crippen LogP contribution in [0.25, 0.3) is 44.4 Å². The first-order valence-corrected chi connectivity index (χ1v) is 11.4. The molecule has 0 saturated heterocycles. The molecule has 4 aromatic carbocycles. The SMILES string of the molecule is COc1ccc(-c2nc(-c3ccc(C)cc3)c(-c3ccc(C)cc3)c3cc(OC)ccc23)cc1. The molecule has 0 aliphatic heterocycles. The largest absolute Gasteiger partial charge is 0.497 e. The topological polar surface area (TPSA) is 31.4 Å². The van der Waals surface area contributed by atoms with E-state index >= 15 is 0 Å². The van der Waals surface area contributed by atoms with Crippen LogP contribution in [0.2, 0.25) is 0 Å². The normalized spacial score (nSPS) is 10.9. The maximum atomic E-state index is 5.63. The summed E-state index contributed by atoms with van der Waals surface area (Å²) in [5.41, 5.74) is 8.70. The van der Waals surface area contributed by atoms with Crippen molar-refractivity contribution in [1.29, 1.82) is 0 Å². The number of hydrogen-bond acceptors (Lipinski definition) is 3. The van der Waals surface area contributed by atoms with E-state index in [1.807, 2.05) is 18.2 Å². The lowest BCUT2D eigenvalue weighted by atomic mass is 9.91. The number of hydrogen-bond donors (Lipinski definition) is 0. The summed E-state index contributed by atoms with van der Waals surface area (Å²) in [6.07, 6.45) is 0. The van der Waals surface area contributed by atoms with Crippen LogP contribution in [0.15, 0.2) is 91.0 Å². The van der Waals surface area contributed by atoms with Crippen LogP contribution in [0.5, 0.6) is 11.5 Å². The average Bonchev–Trinajstić information content (AvgIpc) is 2.88. The second-order valence-electron chi connectivity index (χ2n) is 8.56. The molecule has 5 rings (SSSR count). The first kappa shape index (κ1) is 21.7. The number of aromatic nitrogens is 1. The summed E-state index contributed by atoms with van der Waals surface area (Å²) in [6.45, 7) is 4.21. The van der Waals surface area contributed by atoms with Gasteiger partial charge in [0, 0.05) is 22.1 Å². The molecule has 0 aliphatic carbocycles. The van der Waals surface area contributed by atoms with Gasteiger partial charge < -0.3 is 9.47 Å². The molecule has 5 aromatic rings. The molecular weight excluding hydrogens is 418 g/mol. The molecule has 0 amide bonds. The highest BCUT2D eigenvalue weighted by atomic mass is 16.5. The number of methoxy groups -OCH3 is 2. The van der Waals surface area contributed by atoms with Gasteiger partial charge in [0.2, 0.25) is 0 Å². The molecule has 0 aliphatic rings. The summed E-state index contributed by atoms with van der Waals surface area (Å²) >= 11 is 0. The van der Waals surface area contributed by atoms with Crippen molar-refractivity contribution in [3.8, 4) is 45.1 Å². The summed E-state index contributed by atoms with van der Waals surface area (Å²) in [5.74, 6) is 1.65. The Kier molecular flexibility index (Phi) is 5.77. The van der Waals surface area contributed by atoms with Gasteiger partial charge in [-0.15, -0.1) is 0 Å². The summed E-state index contributed by atoms with van der Waals surface area (Å²) in [5, 5.41) is 2.19. The molecule has 0 spiro atoms. The zero-order chi connectivity index (χ0) is 23.7. The van der Waals surface area contributed by atoms with Gasteiger partial charge in [0.1, 0.15) is 11.5 Å². The Morgan fingerprint density at radius 3 is 1.59 bits per heavy atom. The maximum absolute atomic E-state index is 5.63. The first-order chi connectivity index (χ1) is 16.6. The fraction of sp³-hybridized carbons (Fsp3) is 0.129. The maximum Gasteiger partial charge on any atom is 0.119 e. The third kappa shape index (κ3) is 4.01. The predicted molar refractivity (Wildman–Crippen MR) is 141 cm³/mol. The Balaban J connectivity index is 1.89. The number of benzene rings is 4. The summed E-state index contributed by atoms with van der Waals surface area (Å²) in [7, 11) is 3.39. The molecule has 0 fully saturated rings. The Morgan fingerprint density at radius 1 is 0.500 bits per heavy atom. The molecule has 3 nitrogen and oxygen atoms in total. The predicted octanol–water partition coefficient (Wildman–Crippen LogP) is 7.87. The highest BCUT2D eigenvalue weighted by Gasteiger charge is 2.19. The second kappa shape index (κ2) is 9.03. The molecule has 1 aromatic heterocycles. The van der Waals surface area contributed by atoms with Crippen molar-refractivity contribution < 1.29 is 9.47 Å². The third-order valence-electron chi connectivity index (χ3n) is 6.24. The van der Waals surface area contributed by atoms with Crippen LogP contribution in [0.4, 0.5) is 0 Å². The summed E-state index contributed by atoms with van der Waals surface area (Å²) in [4.78, 5) is 5.30. The van der Waals surface area contributed by atoms with Gasteiger partial charge in [-0.2, -0.15) is 0 Å². The van der Waals surface area contributed by atoms with E-state index in [9.17, 15) is 0 Å². The van der Waals surface area contributed by atoms with Crippen molar-refractivity contribution in [3.63, 3.8) is 0 Å². The van der Waals surface area contributed by atoms with Crippen LogP contribution >= 0.6 is 0 Å². The van der Waals surface area contributed by atoms with Crippen molar-refractivity contribution >= 4 is 10.8 Å². The zero-order valence-electron chi connectivity index (χ0n) is 19.9. The van der Waals surface area contributed by atoms with E-state index in [4.69, 9.17) is 14.5 Å². The van der Waals surface area contributed by atoms with Gasteiger partial charge in [-0.3, -0.25) is 0 Å². The van der Waals surface area contributed by atoms with Crippen molar-refractivity contribution in [1.82, 2.24) is 4.98 Å². The lowest BCUT2D eigenvalue weighted by Gasteiger charge is -2.18. The second-order valence-corrected chi connectivity index (χ2v) is 8.56. The van der Waals surface area contributed by atoms with Crippen LogP contribution in [-0.2, 0) is 0 Å². The number of ether oxygens (including phenoxy) is 2. The fourth-order valence-corrected chi connectivity index (χ4v) is 4.32. The van der Waals surface area contributed by atoms with Crippen molar-refractivity contribution in [3.05, 3.63) is 102 Å². The third-order valence-corrected chi connectivity index (χ3v) is 6.24. The average molecular weight is 446 g/mol. The van der Waals surface area contributed by atoms with Crippen LogP contribution in [0, 0.1) is 13.8 Å². The van der Waals surface area contributed by atoms with Gasteiger partial charge >= 0.3 is 0 Å². The number of fused-ring (bicyclic) bond motifs is 1. The summed E-state index contributed by atoms with van der Waals surface area (Å²) < 4.78 is 11.0. The van der Waals surface area contributed by atoms with Crippen LogP contribution in [-0.4, -0.2) is 19.2 Å². The van der Waals surface area contributed by atoms with Crippen molar-refractivity contribution in [2.45, 2.75) is 13.8 Å². The molecule has 3 heteroatoms. The Bertz CT molecular complexity index is 1450. The molecular formula is C31H27NO2. The van der Waals surface area contributed by atoms with E-state index in [-0.39, 0.29) is 0 Å². The standard InChI is InChI=1S/C31H27NO2/c1-20-5-9-22(10-6-20)29-28-19-26(34-4)17-18-27(28)30(23-13-15-25(33-3)16-14-23)32-31(29)24-11-7-21(2)8-12-24/h5-19H,1-4H3. The number of rotatable bonds is 5. The first-order valence-electron chi connectivity index (χ1n) is 11.4. The monoisotopic (exact) mass is 445 g/mol. The molecule has 0 radical (unpaired) electrons. The van der Waals surface area contributed by atoms with E-state index in [0.717, 1.165) is 55.9 Å². The Labute approximate surface area is 200 Å². The van der Waals surface area contributed by atoms with Gasteiger partial charge in [0.25, 0.3) is 0 Å². The van der Waals surface area contributed by atoms with E-state index in [0.29, 0.717) is 0 Å². The molecule has 0 N–H and O–H groups in total. The number of aryl methyl sites for hydroxylation is 2. The minimum Gasteiger partial charge on any atom is -0.497 e. The molecule has 0 unspecified atom stereocenters. The minimum atomic E-state index is 0.822. The van der Waals surface area contributed by atoms with E-state index in [2.05, 4.69) is 86.6 Å². The Hall–Kier alpha value is -4.11. The van der Waals surface area contributed by atoms with E-state index in [1.165, 1.54) is 11.1 Å². The van der Waals surface area contributed by atoms with Crippen molar-refractivity contribution in [2.75, 3.05) is 14.2 Å². The van der Waals surface area contributed by atoms with Gasteiger partial charge in [-0.05, 0) is 67.3 Å². The smallest absolute Gasteiger partial charge is 0.119 e. The molecule has 1 heterocycles. The molecule has 168 valence electrons. The Morgan fingerprint density at radius 2 is 1.00 bits per heavy atom. The van der Waals surface area contributed by atoms with Crippen LogP contribution in [0.3, 0.4) is 0 Å². The van der Waals surface area contributed by atoms with Gasteiger partial charge in [0.15, 0.2) is 0 Å². The van der Waals surface area contributed by atoms with E-state index < -0.39 is 0 Å². The molecule has 0 bridgehead atoms. The quantitative estimate of drug-likeness (QED) is 0.276. The lowest BCUT2D eigenvalue weighted by Crippen LogP contribution is -1.97.